The SMILES string of the molecule is COc1ccc(Br)c(C(N)c2noc(C)n2)c1. The van der Waals surface area contributed by atoms with Gasteiger partial charge in [0.05, 0.1) is 13.2 Å². The molecule has 0 saturated heterocycles. The van der Waals surface area contributed by atoms with Crippen LogP contribution in [0.3, 0.4) is 0 Å². The van der Waals surface area contributed by atoms with Gasteiger partial charge in [-0.2, -0.15) is 4.98 Å². The number of hydrogen-bond acceptors (Lipinski definition) is 5. The lowest BCUT2D eigenvalue weighted by Crippen LogP contribution is -2.14. The summed E-state index contributed by atoms with van der Waals surface area (Å²) in [5, 5.41) is 3.82. The van der Waals surface area contributed by atoms with Crippen LogP contribution in [0.4, 0.5) is 0 Å². The lowest BCUT2D eigenvalue weighted by atomic mass is 10.1. The first-order valence-electron chi connectivity index (χ1n) is 5.01. The molecule has 0 saturated carbocycles. The van der Waals surface area contributed by atoms with Crippen molar-refractivity contribution in [3.8, 4) is 5.75 Å². The molecule has 2 N–H and O–H groups in total. The number of benzene rings is 1. The number of nitrogens with two attached hydrogens (primary N) is 1. The quantitative estimate of drug-likeness (QED) is 0.940. The second-order valence-electron chi connectivity index (χ2n) is 3.54. The zero-order valence-electron chi connectivity index (χ0n) is 9.48. The van der Waals surface area contributed by atoms with Gasteiger partial charge in [-0.05, 0) is 23.8 Å². The Morgan fingerprint density at radius 1 is 1.47 bits per heavy atom. The summed E-state index contributed by atoms with van der Waals surface area (Å²) in [4.78, 5) is 4.12. The van der Waals surface area contributed by atoms with Crippen LogP contribution in [0.25, 0.3) is 0 Å². The van der Waals surface area contributed by atoms with Crippen LogP contribution in [-0.4, -0.2) is 17.3 Å². The van der Waals surface area contributed by atoms with Crippen LogP contribution in [0, 0.1) is 6.92 Å². The first-order chi connectivity index (χ1) is 8.11. The van der Waals surface area contributed by atoms with Gasteiger partial charge >= 0.3 is 0 Å². The summed E-state index contributed by atoms with van der Waals surface area (Å²) in [6, 6.07) is 5.13. The molecule has 0 aliphatic carbocycles. The Hall–Kier alpha value is -1.40. The Bertz CT molecular complexity index is 527. The van der Waals surface area contributed by atoms with Gasteiger partial charge in [-0.1, -0.05) is 21.1 Å². The molecule has 0 radical (unpaired) electrons. The number of rotatable bonds is 3. The van der Waals surface area contributed by atoms with Gasteiger partial charge in [-0.3, -0.25) is 0 Å². The third-order valence-corrected chi connectivity index (χ3v) is 3.08. The highest BCUT2D eigenvalue weighted by Gasteiger charge is 2.18. The van der Waals surface area contributed by atoms with E-state index in [9.17, 15) is 0 Å². The molecule has 1 aromatic heterocycles. The molecule has 1 atom stereocenters. The number of aryl methyl sites for hydroxylation is 1. The molecule has 90 valence electrons. The summed E-state index contributed by atoms with van der Waals surface area (Å²) in [6.07, 6.45) is 0. The van der Waals surface area contributed by atoms with Crippen molar-refractivity contribution in [2.24, 2.45) is 5.73 Å². The molecule has 0 bridgehead atoms. The van der Waals surface area contributed by atoms with E-state index in [-0.39, 0.29) is 0 Å². The third-order valence-electron chi connectivity index (χ3n) is 2.36. The van der Waals surface area contributed by atoms with Crippen molar-refractivity contribution >= 4 is 15.9 Å². The average Bonchev–Trinajstić information content (AvgIpc) is 2.76. The van der Waals surface area contributed by atoms with Gasteiger partial charge in [-0.15, -0.1) is 0 Å². The molecular weight excluding hydrogens is 286 g/mol. The van der Waals surface area contributed by atoms with E-state index in [0.29, 0.717) is 11.7 Å². The summed E-state index contributed by atoms with van der Waals surface area (Å²) in [6.45, 7) is 1.73. The summed E-state index contributed by atoms with van der Waals surface area (Å²) < 4.78 is 11.0. The Morgan fingerprint density at radius 3 is 2.82 bits per heavy atom. The minimum atomic E-state index is -0.447. The van der Waals surface area contributed by atoms with E-state index in [1.165, 1.54) is 0 Å². The fourth-order valence-corrected chi connectivity index (χ4v) is 1.96. The number of ether oxygens (including phenoxy) is 1. The third kappa shape index (κ3) is 2.48. The molecule has 0 aliphatic rings. The predicted molar refractivity (Wildman–Crippen MR) is 65.8 cm³/mol. The molecule has 1 heterocycles. The minimum Gasteiger partial charge on any atom is -0.497 e. The van der Waals surface area contributed by atoms with Crippen LogP contribution in [-0.2, 0) is 0 Å². The van der Waals surface area contributed by atoms with E-state index < -0.39 is 6.04 Å². The number of methoxy groups -OCH3 is 1. The van der Waals surface area contributed by atoms with Gasteiger partial charge in [0.15, 0.2) is 5.82 Å². The van der Waals surface area contributed by atoms with Crippen LogP contribution in [0.2, 0.25) is 0 Å². The Balaban J connectivity index is 2.39. The van der Waals surface area contributed by atoms with Crippen LogP contribution in [0.1, 0.15) is 23.3 Å². The van der Waals surface area contributed by atoms with Gasteiger partial charge in [0, 0.05) is 11.4 Å². The zero-order chi connectivity index (χ0) is 12.4. The molecular formula is C11H12BrN3O2. The van der Waals surface area contributed by atoms with E-state index in [0.717, 1.165) is 15.8 Å². The maximum atomic E-state index is 6.08. The zero-order valence-corrected chi connectivity index (χ0v) is 11.1. The van der Waals surface area contributed by atoms with Crippen molar-refractivity contribution in [3.05, 3.63) is 40.0 Å². The molecule has 0 spiro atoms. The highest BCUT2D eigenvalue weighted by Crippen LogP contribution is 2.29. The lowest BCUT2D eigenvalue weighted by Gasteiger charge is -2.11. The first-order valence-corrected chi connectivity index (χ1v) is 5.80. The maximum absolute atomic E-state index is 6.08. The monoisotopic (exact) mass is 297 g/mol. The van der Waals surface area contributed by atoms with Crippen molar-refractivity contribution in [2.45, 2.75) is 13.0 Å². The smallest absolute Gasteiger partial charge is 0.223 e. The molecule has 1 unspecified atom stereocenters. The Kier molecular flexibility index (Phi) is 3.44. The average molecular weight is 298 g/mol. The standard InChI is InChI=1S/C11H12BrN3O2/c1-6-14-11(15-17-6)10(13)8-5-7(16-2)3-4-9(8)12/h3-5,10H,13H2,1-2H3. The first kappa shape index (κ1) is 12.1. The number of halogens is 1. The fourth-order valence-electron chi connectivity index (χ4n) is 1.47. The molecule has 17 heavy (non-hydrogen) atoms. The molecule has 2 aromatic rings. The highest BCUT2D eigenvalue weighted by molar-refractivity contribution is 9.10. The highest BCUT2D eigenvalue weighted by atomic mass is 79.9. The largest absolute Gasteiger partial charge is 0.497 e. The van der Waals surface area contributed by atoms with Gasteiger partial charge < -0.3 is 15.0 Å². The van der Waals surface area contributed by atoms with Crippen molar-refractivity contribution in [2.75, 3.05) is 7.11 Å². The van der Waals surface area contributed by atoms with E-state index in [4.69, 9.17) is 15.0 Å². The van der Waals surface area contributed by atoms with Crippen LogP contribution in [0.5, 0.6) is 5.75 Å². The molecule has 0 aliphatic heterocycles. The van der Waals surface area contributed by atoms with Gasteiger partial charge in [0.2, 0.25) is 5.89 Å². The van der Waals surface area contributed by atoms with Crippen molar-refractivity contribution < 1.29 is 9.26 Å². The molecule has 6 heteroatoms. The van der Waals surface area contributed by atoms with E-state index in [1.54, 1.807) is 14.0 Å². The van der Waals surface area contributed by atoms with E-state index in [1.807, 2.05) is 18.2 Å². The summed E-state index contributed by atoms with van der Waals surface area (Å²) >= 11 is 3.44. The fraction of sp³-hybridized carbons (Fsp3) is 0.273. The van der Waals surface area contributed by atoms with Crippen LogP contribution in [0.15, 0.2) is 27.2 Å². The van der Waals surface area contributed by atoms with Crippen LogP contribution < -0.4 is 10.5 Å². The normalized spacial score (nSPS) is 12.5. The summed E-state index contributed by atoms with van der Waals surface area (Å²) in [7, 11) is 1.61. The van der Waals surface area contributed by atoms with E-state index in [2.05, 4.69) is 26.1 Å². The number of hydrogen-bond donors (Lipinski definition) is 1. The van der Waals surface area contributed by atoms with Gasteiger partial charge in [-0.25, -0.2) is 0 Å². The molecule has 1 aromatic carbocycles. The van der Waals surface area contributed by atoms with Crippen LogP contribution >= 0.6 is 15.9 Å². The Labute approximate surface area is 107 Å². The molecule has 5 nitrogen and oxygen atoms in total. The lowest BCUT2D eigenvalue weighted by molar-refractivity contribution is 0.385. The predicted octanol–water partition coefficient (Wildman–Crippen LogP) is 2.20. The Morgan fingerprint density at radius 2 is 2.24 bits per heavy atom. The minimum absolute atomic E-state index is 0.447. The van der Waals surface area contributed by atoms with E-state index >= 15 is 0 Å². The maximum Gasteiger partial charge on any atom is 0.223 e. The topological polar surface area (TPSA) is 74.2 Å². The van der Waals surface area contributed by atoms with Gasteiger partial charge in [0.1, 0.15) is 5.75 Å². The van der Waals surface area contributed by atoms with Crippen molar-refractivity contribution in [1.29, 1.82) is 0 Å². The molecule has 2 rings (SSSR count). The van der Waals surface area contributed by atoms with Crippen molar-refractivity contribution in [3.63, 3.8) is 0 Å². The molecule has 0 amide bonds. The van der Waals surface area contributed by atoms with Gasteiger partial charge in [0.25, 0.3) is 0 Å². The summed E-state index contributed by atoms with van der Waals surface area (Å²) in [5.74, 6) is 1.68. The second-order valence-corrected chi connectivity index (χ2v) is 4.39. The number of aromatic nitrogens is 2. The second kappa shape index (κ2) is 4.85. The number of nitrogens with zero attached hydrogens (tertiary/aromatic N) is 2. The summed E-state index contributed by atoms with van der Waals surface area (Å²) in [5.41, 5.74) is 6.94. The van der Waals surface area contributed by atoms with Crippen molar-refractivity contribution in [1.82, 2.24) is 10.1 Å². The molecule has 0 fully saturated rings.